The number of hydrogen-bond donors (Lipinski definition) is 3. The molecule has 1 aromatic heterocycles. The topological polar surface area (TPSA) is 106 Å². The quantitative estimate of drug-likeness (QED) is 0.626. The number of pyridine rings is 1. The van der Waals surface area contributed by atoms with E-state index in [9.17, 15) is 18.7 Å². The fourth-order valence-electron chi connectivity index (χ4n) is 5.11. The molecular formula is C24H30N4O4S. The Hall–Kier alpha value is -2.62. The first-order valence-electron chi connectivity index (χ1n) is 11.5. The van der Waals surface area contributed by atoms with E-state index >= 15 is 0 Å². The molecule has 1 aromatic carbocycles. The Morgan fingerprint density at radius 3 is 2.36 bits per heavy atom. The molecule has 3 aliphatic heterocycles. The number of rotatable bonds is 3. The van der Waals surface area contributed by atoms with Crippen molar-refractivity contribution in [2.24, 2.45) is 5.92 Å². The Bertz CT molecular complexity index is 1010. The van der Waals surface area contributed by atoms with E-state index in [0.717, 1.165) is 29.7 Å². The number of likely N-dealkylation sites (tertiary alicyclic amines) is 1. The number of fused-ring (bicyclic) bond motifs is 1. The van der Waals surface area contributed by atoms with Crippen LogP contribution in [0.4, 0.5) is 10.5 Å². The predicted octanol–water partition coefficient (Wildman–Crippen LogP) is 4.11. The van der Waals surface area contributed by atoms with Crippen molar-refractivity contribution in [2.75, 3.05) is 29.9 Å². The average Bonchev–Trinajstić information content (AvgIpc) is 3.42. The van der Waals surface area contributed by atoms with Crippen LogP contribution in [-0.2, 0) is 17.9 Å². The summed E-state index contributed by atoms with van der Waals surface area (Å²) in [5.74, 6) is 0.783. The van der Waals surface area contributed by atoms with Crippen LogP contribution in [0.2, 0.25) is 0 Å². The van der Waals surface area contributed by atoms with E-state index < -0.39 is 10.6 Å². The lowest BCUT2D eigenvalue weighted by atomic mass is 9.89. The van der Waals surface area contributed by atoms with Crippen molar-refractivity contribution >= 4 is 28.2 Å². The normalized spacial score (nSPS) is 23.3. The van der Waals surface area contributed by atoms with Crippen LogP contribution in [0.25, 0.3) is 0 Å². The number of piperidine rings is 1. The van der Waals surface area contributed by atoms with Crippen molar-refractivity contribution in [3.63, 3.8) is 0 Å². The minimum atomic E-state index is -2.55. The van der Waals surface area contributed by atoms with Crippen LogP contribution in [-0.4, -0.2) is 60.4 Å². The average molecular weight is 471 g/mol. The molecule has 2 fully saturated rings. The van der Waals surface area contributed by atoms with E-state index in [-0.39, 0.29) is 23.6 Å². The van der Waals surface area contributed by atoms with Crippen LogP contribution in [0.5, 0.6) is 0 Å². The molecule has 1 atom stereocenters. The van der Waals surface area contributed by atoms with Gasteiger partial charge >= 0.3 is 6.03 Å². The Balaban J connectivity index is 1.12. The molecule has 0 radical (unpaired) electrons. The number of carbonyl (C=O) groups excluding carboxylic acids is 2. The number of nitrogens with one attached hydrogen (secondary N) is 1. The molecule has 3 N–H and O–H groups in total. The Labute approximate surface area is 195 Å². The molecule has 0 spiro atoms. The molecule has 0 bridgehead atoms. The van der Waals surface area contributed by atoms with E-state index in [1.54, 1.807) is 11.1 Å². The van der Waals surface area contributed by atoms with Gasteiger partial charge in [0.25, 0.3) is 0 Å². The molecule has 9 heteroatoms. The van der Waals surface area contributed by atoms with E-state index in [2.05, 4.69) is 22.4 Å². The number of hydrogen-bond acceptors (Lipinski definition) is 5. The van der Waals surface area contributed by atoms with Crippen LogP contribution in [0.3, 0.4) is 0 Å². The molecule has 0 saturated carbocycles. The lowest BCUT2D eigenvalue weighted by molar-refractivity contribution is -0.135. The van der Waals surface area contributed by atoms with E-state index in [1.165, 1.54) is 5.56 Å². The first kappa shape index (κ1) is 22.2. The summed E-state index contributed by atoms with van der Waals surface area (Å²) >= 11 is 0. The van der Waals surface area contributed by atoms with Gasteiger partial charge in [0.2, 0.25) is 5.91 Å². The van der Waals surface area contributed by atoms with Gasteiger partial charge in [-0.15, -0.1) is 0 Å². The molecular weight excluding hydrogens is 440 g/mol. The number of aromatic nitrogens is 1. The molecule has 8 nitrogen and oxygen atoms in total. The van der Waals surface area contributed by atoms with E-state index in [1.807, 2.05) is 29.3 Å². The number of nitrogens with zero attached hydrogens (tertiary/aromatic N) is 3. The van der Waals surface area contributed by atoms with Gasteiger partial charge in [-0.3, -0.25) is 18.9 Å². The molecule has 2 saturated heterocycles. The van der Waals surface area contributed by atoms with Gasteiger partial charge in [0.15, 0.2) is 0 Å². The zero-order chi connectivity index (χ0) is 23.0. The monoisotopic (exact) mass is 470 g/mol. The Morgan fingerprint density at radius 1 is 0.970 bits per heavy atom. The minimum absolute atomic E-state index is 0.0730. The zero-order valence-electron chi connectivity index (χ0n) is 18.5. The van der Waals surface area contributed by atoms with Crippen molar-refractivity contribution in [2.45, 2.75) is 38.3 Å². The summed E-state index contributed by atoms with van der Waals surface area (Å²) in [5.41, 5.74) is 4.22. The summed E-state index contributed by atoms with van der Waals surface area (Å²) in [6, 6.07) is 9.85. The number of amides is 3. The fraction of sp³-hybridized carbons (Fsp3) is 0.458. The van der Waals surface area contributed by atoms with Crippen molar-refractivity contribution in [1.29, 1.82) is 0 Å². The Morgan fingerprint density at radius 2 is 1.70 bits per heavy atom. The number of benzene rings is 1. The van der Waals surface area contributed by atoms with Crippen molar-refractivity contribution < 1.29 is 18.7 Å². The summed E-state index contributed by atoms with van der Waals surface area (Å²) in [6.07, 6.45) is 5.93. The maximum Gasteiger partial charge on any atom is 0.322 e. The highest BCUT2D eigenvalue weighted by molar-refractivity contribution is 8.24. The summed E-state index contributed by atoms with van der Waals surface area (Å²) < 4.78 is 19.6. The van der Waals surface area contributed by atoms with Crippen molar-refractivity contribution in [1.82, 2.24) is 14.8 Å². The summed E-state index contributed by atoms with van der Waals surface area (Å²) in [7, 11) is -2.55. The molecule has 1 unspecified atom stereocenters. The largest absolute Gasteiger partial charge is 0.342 e. The van der Waals surface area contributed by atoms with Gasteiger partial charge in [0.05, 0.1) is 5.92 Å². The predicted molar refractivity (Wildman–Crippen MR) is 128 cm³/mol. The Kier molecular flexibility index (Phi) is 6.03. The van der Waals surface area contributed by atoms with Gasteiger partial charge in [-0.05, 0) is 60.1 Å². The molecule has 5 rings (SSSR count). The van der Waals surface area contributed by atoms with Crippen LogP contribution in [0.15, 0.2) is 42.7 Å². The van der Waals surface area contributed by atoms with Gasteiger partial charge in [0, 0.05) is 55.8 Å². The zero-order valence-corrected chi connectivity index (χ0v) is 19.3. The maximum absolute atomic E-state index is 12.7. The second-order valence-electron chi connectivity index (χ2n) is 9.31. The van der Waals surface area contributed by atoms with Gasteiger partial charge in [-0.2, -0.15) is 10.6 Å². The number of anilines is 1. The maximum atomic E-state index is 12.7. The third-order valence-corrected chi connectivity index (χ3v) is 8.89. The van der Waals surface area contributed by atoms with Gasteiger partial charge in [-0.1, -0.05) is 12.1 Å². The molecule has 4 heterocycles. The molecule has 0 aliphatic carbocycles. The van der Waals surface area contributed by atoms with E-state index in [4.69, 9.17) is 0 Å². The van der Waals surface area contributed by atoms with Crippen LogP contribution < -0.4 is 5.32 Å². The second-order valence-corrected chi connectivity index (χ2v) is 11.7. The third-order valence-electron chi connectivity index (χ3n) is 7.06. The van der Waals surface area contributed by atoms with Crippen LogP contribution in [0.1, 0.15) is 41.9 Å². The number of urea groups is 1. The van der Waals surface area contributed by atoms with Gasteiger partial charge in [-0.25, -0.2) is 4.79 Å². The summed E-state index contributed by atoms with van der Waals surface area (Å²) in [5, 5.41) is 2.98. The third kappa shape index (κ3) is 4.85. The smallest absolute Gasteiger partial charge is 0.322 e. The highest BCUT2D eigenvalue weighted by Gasteiger charge is 2.36. The summed E-state index contributed by atoms with van der Waals surface area (Å²) in [4.78, 5) is 33.2. The molecule has 3 aliphatic rings. The fourth-order valence-corrected chi connectivity index (χ4v) is 6.89. The lowest BCUT2D eigenvalue weighted by Crippen LogP contribution is -2.41. The minimum Gasteiger partial charge on any atom is -0.342 e. The first-order chi connectivity index (χ1) is 15.9. The van der Waals surface area contributed by atoms with Crippen molar-refractivity contribution in [3.8, 4) is 0 Å². The number of carbonyl (C=O) groups is 2. The first-order valence-corrected chi connectivity index (χ1v) is 13.4. The SMILES string of the molecule is O=C(Nc1ccc(C2CCN(C(=O)C3CCS(O)(O)C3)CC2)cc1)N1Cc2ccncc2C1. The molecule has 33 heavy (non-hydrogen) atoms. The van der Waals surface area contributed by atoms with Crippen molar-refractivity contribution in [3.05, 3.63) is 59.4 Å². The molecule has 2 aromatic rings. The van der Waals surface area contributed by atoms with Gasteiger partial charge < -0.3 is 15.1 Å². The standard InChI is InChI=1S/C24H30N4O4S/c29-23(20-8-12-33(31,32)16-20)27-10-6-18(7-11-27)17-1-3-22(4-2-17)26-24(30)28-14-19-5-9-25-13-21(19)15-28/h1-5,9,13,18,20,31-32H,6-8,10-12,14-16H2,(H,26,30). The highest BCUT2D eigenvalue weighted by Crippen LogP contribution is 2.49. The lowest BCUT2D eigenvalue weighted by Gasteiger charge is -2.34. The van der Waals surface area contributed by atoms with Crippen LogP contribution in [0, 0.1) is 5.92 Å². The summed E-state index contributed by atoms with van der Waals surface area (Å²) in [6.45, 7) is 2.56. The van der Waals surface area contributed by atoms with Crippen LogP contribution >= 0.6 is 10.6 Å². The molecule has 176 valence electrons. The van der Waals surface area contributed by atoms with E-state index in [0.29, 0.717) is 44.3 Å². The molecule has 3 amide bonds. The van der Waals surface area contributed by atoms with Gasteiger partial charge in [0.1, 0.15) is 0 Å². The second kappa shape index (κ2) is 8.96. The highest BCUT2D eigenvalue weighted by atomic mass is 32.3.